The molecule has 0 atom stereocenters. The molecule has 1 aromatic carbocycles. The largest absolute Gasteiger partial charge is 0.496 e. The van der Waals surface area contributed by atoms with Gasteiger partial charge in [-0.2, -0.15) is 0 Å². The average molecular weight is 276 g/mol. The smallest absolute Gasteiger partial charge is 0.123 e. The van der Waals surface area contributed by atoms with Crippen molar-refractivity contribution < 1.29 is 9.84 Å². The van der Waals surface area contributed by atoms with Crippen LogP contribution in [-0.2, 0) is 6.54 Å². The summed E-state index contributed by atoms with van der Waals surface area (Å²) in [6.45, 7) is 5.20. The van der Waals surface area contributed by atoms with Crippen LogP contribution in [0.2, 0.25) is 0 Å². The molecule has 0 radical (unpaired) electrons. The molecule has 0 fully saturated rings. The summed E-state index contributed by atoms with van der Waals surface area (Å²) in [5.74, 6) is 6.69. The first-order valence-corrected chi connectivity index (χ1v) is 6.62. The van der Waals surface area contributed by atoms with E-state index in [1.54, 1.807) is 21.0 Å². The lowest BCUT2D eigenvalue weighted by atomic mass is 10.1. The number of ether oxygens (including phenoxy) is 1. The number of aliphatic hydroxyl groups is 1. The number of nitrogens with zero attached hydrogens (tertiary/aromatic N) is 1. The van der Waals surface area contributed by atoms with Gasteiger partial charge in [0, 0.05) is 24.2 Å². The summed E-state index contributed by atoms with van der Waals surface area (Å²) in [4.78, 5) is 2.05. The molecular weight excluding hydrogens is 252 g/mol. The van der Waals surface area contributed by atoms with Gasteiger partial charge in [0.05, 0.1) is 19.3 Å². The molecule has 0 aromatic heterocycles. The molecule has 0 bridgehead atoms. The topological polar surface area (TPSA) is 58.7 Å². The lowest BCUT2D eigenvalue weighted by Crippen LogP contribution is -2.35. The van der Waals surface area contributed by atoms with Crippen molar-refractivity contribution in [2.45, 2.75) is 26.0 Å². The van der Waals surface area contributed by atoms with Crippen LogP contribution in [0.1, 0.15) is 25.0 Å². The number of hydrogen-bond donors (Lipinski definition) is 2. The normalized spacial score (nSPS) is 11.2. The zero-order valence-electron chi connectivity index (χ0n) is 12.7. The van der Waals surface area contributed by atoms with Gasteiger partial charge in [0.15, 0.2) is 0 Å². The number of nitrogens with two attached hydrogens (primary N) is 1. The Hall–Kier alpha value is -1.54. The molecule has 0 heterocycles. The Morgan fingerprint density at radius 2 is 2.10 bits per heavy atom. The third-order valence-electron chi connectivity index (χ3n) is 2.71. The Morgan fingerprint density at radius 3 is 2.65 bits per heavy atom. The van der Waals surface area contributed by atoms with Crippen LogP contribution in [0.15, 0.2) is 18.2 Å². The van der Waals surface area contributed by atoms with Gasteiger partial charge >= 0.3 is 0 Å². The van der Waals surface area contributed by atoms with Crippen LogP contribution in [0.25, 0.3) is 0 Å². The van der Waals surface area contributed by atoms with Gasteiger partial charge in [-0.3, -0.25) is 4.90 Å². The van der Waals surface area contributed by atoms with Gasteiger partial charge in [0.1, 0.15) is 5.75 Å². The van der Waals surface area contributed by atoms with E-state index in [1.165, 1.54) is 0 Å². The highest BCUT2D eigenvalue weighted by atomic mass is 16.5. The van der Waals surface area contributed by atoms with E-state index in [1.807, 2.05) is 25.2 Å². The van der Waals surface area contributed by atoms with Crippen molar-refractivity contribution >= 4 is 0 Å². The standard InChI is InChI=1S/C16H24N2O2/c1-16(2,19)12-18(3)11-14-10-13(6-5-9-17)7-8-15(14)20-4/h7-8,10,19H,9,11-12,17H2,1-4H3. The number of rotatable bonds is 5. The van der Waals surface area contributed by atoms with Crippen LogP contribution in [-0.4, -0.2) is 42.9 Å². The number of benzene rings is 1. The molecule has 0 spiro atoms. The highest BCUT2D eigenvalue weighted by molar-refractivity contribution is 5.44. The predicted molar refractivity (Wildman–Crippen MR) is 81.6 cm³/mol. The van der Waals surface area contributed by atoms with Crippen molar-refractivity contribution in [2.24, 2.45) is 5.73 Å². The van der Waals surface area contributed by atoms with Gasteiger partial charge in [-0.05, 0) is 39.1 Å². The van der Waals surface area contributed by atoms with E-state index in [4.69, 9.17) is 10.5 Å². The molecule has 0 saturated carbocycles. The summed E-state index contributed by atoms with van der Waals surface area (Å²) in [6.07, 6.45) is 0. The molecule has 0 saturated heterocycles. The Bertz CT molecular complexity index is 495. The predicted octanol–water partition coefficient (Wildman–Crippen LogP) is 1.21. The summed E-state index contributed by atoms with van der Waals surface area (Å²) >= 11 is 0. The van der Waals surface area contributed by atoms with E-state index in [0.717, 1.165) is 16.9 Å². The highest BCUT2D eigenvalue weighted by Crippen LogP contribution is 2.21. The third kappa shape index (κ3) is 5.62. The Balaban J connectivity index is 2.91. The molecule has 110 valence electrons. The van der Waals surface area contributed by atoms with E-state index >= 15 is 0 Å². The monoisotopic (exact) mass is 276 g/mol. The van der Waals surface area contributed by atoms with E-state index in [2.05, 4.69) is 16.7 Å². The minimum absolute atomic E-state index is 0.347. The summed E-state index contributed by atoms with van der Waals surface area (Å²) in [6, 6.07) is 5.83. The van der Waals surface area contributed by atoms with Crippen molar-refractivity contribution in [3.05, 3.63) is 29.3 Å². The first kappa shape index (κ1) is 16.5. The fraction of sp³-hybridized carbons (Fsp3) is 0.500. The lowest BCUT2D eigenvalue weighted by Gasteiger charge is -2.26. The second kappa shape index (κ2) is 7.30. The fourth-order valence-corrected chi connectivity index (χ4v) is 2.14. The highest BCUT2D eigenvalue weighted by Gasteiger charge is 2.16. The Kier molecular flexibility index (Phi) is 6.03. The Labute approximate surface area is 121 Å². The van der Waals surface area contributed by atoms with Crippen LogP contribution in [0.4, 0.5) is 0 Å². The fourth-order valence-electron chi connectivity index (χ4n) is 2.14. The summed E-state index contributed by atoms with van der Waals surface area (Å²) in [5.41, 5.74) is 6.63. The molecular formula is C16H24N2O2. The summed E-state index contributed by atoms with van der Waals surface area (Å²) in [7, 11) is 3.62. The molecule has 20 heavy (non-hydrogen) atoms. The summed E-state index contributed by atoms with van der Waals surface area (Å²) < 4.78 is 5.37. The molecule has 3 N–H and O–H groups in total. The lowest BCUT2D eigenvalue weighted by molar-refractivity contribution is 0.0423. The molecule has 4 heteroatoms. The Morgan fingerprint density at radius 1 is 1.40 bits per heavy atom. The van der Waals surface area contributed by atoms with E-state index in [-0.39, 0.29) is 0 Å². The van der Waals surface area contributed by atoms with Crippen LogP contribution in [0.3, 0.4) is 0 Å². The number of methoxy groups -OCH3 is 1. The zero-order valence-corrected chi connectivity index (χ0v) is 12.7. The van der Waals surface area contributed by atoms with Gasteiger partial charge in [0.2, 0.25) is 0 Å². The maximum Gasteiger partial charge on any atom is 0.123 e. The second-order valence-corrected chi connectivity index (χ2v) is 5.52. The second-order valence-electron chi connectivity index (χ2n) is 5.52. The average Bonchev–Trinajstić information content (AvgIpc) is 2.34. The quantitative estimate of drug-likeness (QED) is 0.794. The maximum absolute atomic E-state index is 9.85. The number of hydrogen-bond acceptors (Lipinski definition) is 4. The molecule has 0 aliphatic heterocycles. The van der Waals surface area contributed by atoms with Crippen molar-refractivity contribution in [1.29, 1.82) is 0 Å². The molecule has 1 aromatic rings. The first-order valence-electron chi connectivity index (χ1n) is 6.62. The summed E-state index contributed by atoms with van der Waals surface area (Å²) in [5, 5.41) is 9.85. The van der Waals surface area contributed by atoms with Crippen LogP contribution in [0, 0.1) is 11.8 Å². The molecule has 0 amide bonds. The molecule has 1 rings (SSSR count). The van der Waals surface area contributed by atoms with Gasteiger partial charge in [-0.1, -0.05) is 11.8 Å². The first-order chi connectivity index (χ1) is 9.35. The van der Waals surface area contributed by atoms with Crippen molar-refractivity contribution in [3.8, 4) is 17.6 Å². The molecule has 0 aliphatic carbocycles. The van der Waals surface area contributed by atoms with Crippen molar-refractivity contribution in [3.63, 3.8) is 0 Å². The number of likely N-dealkylation sites (N-methyl/N-ethyl adjacent to an activating group) is 1. The van der Waals surface area contributed by atoms with E-state index in [0.29, 0.717) is 19.6 Å². The van der Waals surface area contributed by atoms with E-state index in [9.17, 15) is 5.11 Å². The van der Waals surface area contributed by atoms with Gasteiger partial charge < -0.3 is 15.6 Å². The molecule has 0 aliphatic rings. The maximum atomic E-state index is 9.85. The van der Waals surface area contributed by atoms with Crippen molar-refractivity contribution in [2.75, 3.05) is 27.2 Å². The molecule has 0 unspecified atom stereocenters. The van der Waals surface area contributed by atoms with Crippen molar-refractivity contribution in [1.82, 2.24) is 4.90 Å². The van der Waals surface area contributed by atoms with Gasteiger partial charge in [-0.15, -0.1) is 0 Å². The zero-order chi connectivity index (χ0) is 15.2. The minimum atomic E-state index is -0.723. The van der Waals surface area contributed by atoms with Crippen LogP contribution < -0.4 is 10.5 Å². The SMILES string of the molecule is COc1ccc(C#CCN)cc1CN(C)CC(C)(C)O. The van der Waals surface area contributed by atoms with Crippen LogP contribution >= 0.6 is 0 Å². The van der Waals surface area contributed by atoms with Crippen LogP contribution in [0.5, 0.6) is 5.75 Å². The van der Waals surface area contributed by atoms with Gasteiger partial charge in [-0.25, -0.2) is 0 Å². The minimum Gasteiger partial charge on any atom is -0.496 e. The molecule has 4 nitrogen and oxygen atoms in total. The van der Waals surface area contributed by atoms with E-state index < -0.39 is 5.60 Å². The third-order valence-corrected chi connectivity index (χ3v) is 2.71. The van der Waals surface area contributed by atoms with Gasteiger partial charge in [0.25, 0.3) is 0 Å².